The van der Waals surface area contributed by atoms with Crippen molar-refractivity contribution in [1.29, 1.82) is 0 Å². The van der Waals surface area contributed by atoms with Gasteiger partial charge in [0.15, 0.2) is 6.61 Å². The summed E-state index contributed by atoms with van der Waals surface area (Å²) in [5.41, 5.74) is 8.18. The summed E-state index contributed by atoms with van der Waals surface area (Å²) in [6.45, 7) is 0.543. The molecule has 5 heteroatoms. The van der Waals surface area contributed by atoms with Crippen molar-refractivity contribution in [2.24, 2.45) is 0 Å². The fourth-order valence-electron chi connectivity index (χ4n) is 2.19. The Hall–Kier alpha value is -2.01. The molecule has 0 aromatic heterocycles. The number of anilines is 2. The Kier molecular flexibility index (Phi) is 3.36. The minimum Gasteiger partial charge on any atom is -0.482 e. The van der Waals surface area contributed by atoms with Gasteiger partial charge in [-0.3, -0.25) is 4.79 Å². The lowest BCUT2D eigenvalue weighted by atomic mass is 10.1. The Labute approximate surface area is 125 Å². The maximum Gasteiger partial charge on any atom is 0.265 e. The minimum absolute atomic E-state index is 0.0569. The zero-order chi connectivity index (χ0) is 14.1. The molecule has 0 saturated heterocycles. The normalized spacial score (nSPS) is 13.8. The van der Waals surface area contributed by atoms with E-state index in [1.54, 1.807) is 23.1 Å². The maximum atomic E-state index is 12.1. The van der Waals surface area contributed by atoms with Crippen molar-refractivity contribution in [3.8, 4) is 5.75 Å². The Bertz CT molecular complexity index is 673. The minimum atomic E-state index is -0.0705. The largest absolute Gasteiger partial charge is 0.482 e. The van der Waals surface area contributed by atoms with E-state index in [-0.39, 0.29) is 12.5 Å². The topological polar surface area (TPSA) is 55.6 Å². The van der Waals surface area contributed by atoms with E-state index in [1.165, 1.54) is 0 Å². The van der Waals surface area contributed by atoms with Crippen LogP contribution in [0.15, 0.2) is 46.9 Å². The number of benzene rings is 2. The molecule has 1 amide bonds. The van der Waals surface area contributed by atoms with Crippen LogP contribution < -0.4 is 15.4 Å². The van der Waals surface area contributed by atoms with Crippen molar-refractivity contribution in [1.82, 2.24) is 0 Å². The van der Waals surface area contributed by atoms with Crippen molar-refractivity contribution in [2.75, 3.05) is 17.2 Å². The highest BCUT2D eigenvalue weighted by Crippen LogP contribution is 2.35. The first-order chi connectivity index (χ1) is 9.65. The van der Waals surface area contributed by atoms with E-state index in [1.807, 2.05) is 24.3 Å². The summed E-state index contributed by atoms with van der Waals surface area (Å²) < 4.78 is 6.41. The van der Waals surface area contributed by atoms with Gasteiger partial charge >= 0.3 is 0 Å². The Morgan fingerprint density at radius 3 is 2.85 bits per heavy atom. The predicted octanol–water partition coefficient (Wildman–Crippen LogP) is 2.96. The first-order valence-electron chi connectivity index (χ1n) is 6.21. The van der Waals surface area contributed by atoms with Gasteiger partial charge in [0, 0.05) is 10.2 Å². The number of carbonyl (C=O) groups is 1. The zero-order valence-electron chi connectivity index (χ0n) is 10.7. The number of rotatable bonds is 2. The number of nitrogens with two attached hydrogens (primary N) is 1. The smallest absolute Gasteiger partial charge is 0.265 e. The summed E-state index contributed by atoms with van der Waals surface area (Å²) >= 11 is 3.50. The molecule has 0 aliphatic carbocycles. The quantitative estimate of drug-likeness (QED) is 0.860. The zero-order valence-corrected chi connectivity index (χ0v) is 12.3. The van der Waals surface area contributed by atoms with Crippen LogP contribution in [-0.4, -0.2) is 12.5 Å². The van der Waals surface area contributed by atoms with Gasteiger partial charge in [-0.1, -0.05) is 34.1 Å². The highest BCUT2D eigenvalue weighted by Gasteiger charge is 2.26. The number of hydrogen-bond acceptors (Lipinski definition) is 3. The average molecular weight is 333 g/mol. The van der Waals surface area contributed by atoms with Crippen molar-refractivity contribution >= 4 is 33.2 Å². The highest BCUT2D eigenvalue weighted by atomic mass is 79.9. The fourth-order valence-corrected chi connectivity index (χ4v) is 2.60. The third kappa shape index (κ3) is 2.36. The van der Waals surface area contributed by atoms with Crippen LogP contribution in [0.5, 0.6) is 5.75 Å². The molecule has 0 fully saturated rings. The molecule has 4 nitrogen and oxygen atoms in total. The molecule has 1 heterocycles. The van der Waals surface area contributed by atoms with E-state index in [2.05, 4.69) is 15.9 Å². The van der Waals surface area contributed by atoms with E-state index in [0.29, 0.717) is 18.0 Å². The van der Waals surface area contributed by atoms with Crippen LogP contribution in [0.4, 0.5) is 11.4 Å². The molecule has 0 spiro atoms. The SMILES string of the molecule is Nc1ccc2c(c1)N(Cc1ccccc1Br)C(=O)CO2. The Morgan fingerprint density at radius 2 is 2.05 bits per heavy atom. The Morgan fingerprint density at radius 1 is 1.25 bits per heavy atom. The molecule has 1 aliphatic rings. The van der Waals surface area contributed by atoms with Gasteiger partial charge < -0.3 is 15.4 Å². The number of halogens is 1. The molecular formula is C15H13BrN2O2. The molecule has 0 saturated carbocycles. The molecule has 0 unspecified atom stereocenters. The molecule has 2 N–H and O–H groups in total. The highest BCUT2D eigenvalue weighted by molar-refractivity contribution is 9.10. The van der Waals surface area contributed by atoms with Crippen molar-refractivity contribution in [3.63, 3.8) is 0 Å². The monoisotopic (exact) mass is 332 g/mol. The van der Waals surface area contributed by atoms with Crippen LogP contribution in [0.1, 0.15) is 5.56 Å². The van der Waals surface area contributed by atoms with Crippen molar-refractivity contribution < 1.29 is 9.53 Å². The lowest BCUT2D eigenvalue weighted by Gasteiger charge is -2.30. The Balaban J connectivity index is 1.99. The van der Waals surface area contributed by atoms with Crippen LogP contribution >= 0.6 is 15.9 Å². The molecule has 0 bridgehead atoms. The lowest BCUT2D eigenvalue weighted by molar-refractivity contribution is -0.121. The second kappa shape index (κ2) is 5.17. The van der Waals surface area contributed by atoms with Gasteiger partial charge in [-0.05, 0) is 29.8 Å². The number of nitrogens with zero attached hydrogens (tertiary/aromatic N) is 1. The maximum absolute atomic E-state index is 12.1. The molecule has 2 aromatic rings. The van der Waals surface area contributed by atoms with E-state index in [4.69, 9.17) is 10.5 Å². The number of nitrogen functional groups attached to an aromatic ring is 1. The van der Waals surface area contributed by atoms with Crippen molar-refractivity contribution in [2.45, 2.75) is 6.54 Å². The number of ether oxygens (including phenoxy) is 1. The van der Waals surface area contributed by atoms with Crippen molar-refractivity contribution in [3.05, 3.63) is 52.5 Å². The third-order valence-corrected chi connectivity index (χ3v) is 3.99. The van der Waals surface area contributed by atoms with Gasteiger partial charge in [-0.15, -0.1) is 0 Å². The first kappa shape index (κ1) is 13.0. The van der Waals surface area contributed by atoms with Gasteiger partial charge in [0.1, 0.15) is 5.75 Å². The van der Waals surface area contributed by atoms with Crippen LogP contribution in [-0.2, 0) is 11.3 Å². The summed E-state index contributed by atoms with van der Waals surface area (Å²) in [5, 5.41) is 0. The van der Waals surface area contributed by atoms with Crippen LogP contribution in [0.3, 0.4) is 0 Å². The summed E-state index contributed by atoms with van der Waals surface area (Å²) in [6, 6.07) is 13.2. The van der Waals surface area contributed by atoms with Gasteiger partial charge in [0.05, 0.1) is 12.2 Å². The summed E-state index contributed by atoms with van der Waals surface area (Å²) in [7, 11) is 0. The third-order valence-electron chi connectivity index (χ3n) is 3.21. The van der Waals surface area contributed by atoms with Crippen LogP contribution in [0.2, 0.25) is 0 Å². The second-order valence-corrected chi connectivity index (χ2v) is 5.44. The van der Waals surface area contributed by atoms with E-state index in [9.17, 15) is 4.79 Å². The summed E-state index contributed by atoms with van der Waals surface area (Å²) in [4.78, 5) is 13.8. The fraction of sp³-hybridized carbons (Fsp3) is 0.133. The molecule has 2 aromatic carbocycles. The number of amides is 1. The summed E-state index contributed by atoms with van der Waals surface area (Å²) in [5.74, 6) is 0.615. The van der Waals surface area contributed by atoms with E-state index >= 15 is 0 Å². The molecule has 1 aliphatic heterocycles. The first-order valence-corrected chi connectivity index (χ1v) is 7.00. The molecule has 0 radical (unpaired) electrons. The molecule has 20 heavy (non-hydrogen) atoms. The van der Waals surface area contributed by atoms with Gasteiger partial charge in [0.2, 0.25) is 0 Å². The molecule has 102 valence electrons. The van der Waals surface area contributed by atoms with E-state index in [0.717, 1.165) is 15.7 Å². The molecule has 0 atom stereocenters. The van der Waals surface area contributed by atoms with E-state index < -0.39 is 0 Å². The molecular weight excluding hydrogens is 320 g/mol. The van der Waals surface area contributed by atoms with Gasteiger partial charge in [0.25, 0.3) is 5.91 Å². The lowest BCUT2D eigenvalue weighted by Crippen LogP contribution is -2.38. The van der Waals surface area contributed by atoms with Gasteiger partial charge in [-0.25, -0.2) is 0 Å². The number of hydrogen-bond donors (Lipinski definition) is 1. The van der Waals surface area contributed by atoms with Crippen LogP contribution in [0, 0.1) is 0 Å². The standard InChI is InChI=1S/C15H13BrN2O2/c16-12-4-2-1-3-10(12)8-18-13-7-11(17)5-6-14(13)20-9-15(18)19/h1-7H,8-9,17H2. The van der Waals surface area contributed by atoms with Gasteiger partial charge in [-0.2, -0.15) is 0 Å². The number of fused-ring (bicyclic) bond motifs is 1. The summed E-state index contributed by atoms with van der Waals surface area (Å²) in [6.07, 6.45) is 0. The predicted molar refractivity (Wildman–Crippen MR) is 81.7 cm³/mol. The second-order valence-electron chi connectivity index (χ2n) is 4.59. The average Bonchev–Trinajstić information content (AvgIpc) is 2.44. The number of carbonyl (C=O) groups excluding carboxylic acids is 1. The molecule has 3 rings (SSSR count). The van der Waals surface area contributed by atoms with Crippen LogP contribution in [0.25, 0.3) is 0 Å².